The van der Waals surface area contributed by atoms with Crippen LogP contribution >= 0.6 is 0 Å². The Kier molecular flexibility index (Phi) is 4.20. The van der Waals surface area contributed by atoms with Gasteiger partial charge in [0.2, 0.25) is 11.8 Å². The first-order chi connectivity index (χ1) is 11.5. The zero-order valence-electron chi connectivity index (χ0n) is 13.1. The predicted octanol–water partition coefficient (Wildman–Crippen LogP) is 2.83. The molecule has 0 saturated carbocycles. The number of nitrogens with zero attached hydrogens (tertiary/aromatic N) is 1. The third-order valence-corrected chi connectivity index (χ3v) is 4.12. The number of phenolic OH excluding ortho intramolecular Hbond substituents is 1. The van der Waals surface area contributed by atoms with E-state index < -0.39 is 5.92 Å². The van der Waals surface area contributed by atoms with Gasteiger partial charge in [0, 0.05) is 18.7 Å². The van der Waals surface area contributed by atoms with Crippen LogP contribution in [0.1, 0.15) is 12.0 Å². The van der Waals surface area contributed by atoms with Crippen molar-refractivity contribution in [1.29, 1.82) is 0 Å². The van der Waals surface area contributed by atoms with Crippen molar-refractivity contribution in [2.75, 3.05) is 16.8 Å². The highest BCUT2D eigenvalue weighted by Crippen LogP contribution is 2.28. The first-order valence-electron chi connectivity index (χ1n) is 7.61. The molecule has 0 spiro atoms. The molecule has 1 atom stereocenters. The van der Waals surface area contributed by atoms with E-state index in [1.54, 1.807) is 37.3 Å². The molecule has 3 rings (SSSR count). The molecule has 0 aliphatic carbocycles. The number of rotatable bonds is 3. The number of benzene rings is 2. The molecule has 1 unspecified atom stereocenters. The topological polar surface area (TPSA) is 69.6 Å². The van der Waals surface area contributed by atoms with Crippen molar-refractivity contribution in [2.24, 2.45) is 5.92 Å². The molecular weight excluding hydrogens is 311 g/mol. The van der Waals surface area contributed by atoms with Gasteiger partial charge in [-0.25, -0.2) is 4.39 Å². The van der Waals surface area contributed by atoms with Crippen molar-refractivity contribution in [3.8, 4) is 5.75 Å². The lowest BCUT2D eigenvalue weighted by Crippen LogP contribution is -2.28. The Bertz CT molecular complexity index is 807. The molecule has 6 heteroatoms. The molecule has 5 nitrogen and oxygen atoms in total. The Morgan fingerprint density at radius 3 is 2.75 bits per heavy atom. The van der Waals surface area contributed by atoms with Gasteiger partial charge in [-0.1, -0.05) is 18.2 Å². The number of anilines is 2. The highest BCUT2D eigenvalue weighted by molar-refractivity contribution is 6.03. The minimum absolute atomic E-state index is 0.0346. The molecule has 0 radical (unpaired) electrons. The molecule has 0 aromatic heterocycles. The number of hydrogen-bond acceptors (Lipinski definition) is 3. The van der Waals surface area contributed by atoms with E-state index in [1.165, 1.54) is 17.0 Å². The number of amides is 2. The maximum absolute atomic E-state index is 13.7. The summed E-state index contributed by atoms with van der Waals surface area (Å²) < 4.78 is 13.7. The Morgan fingerprint density at radius 1 is 1.29 bits per heavy atom. The summed E-state index contributed by atoms with van der Waals surface area (Å²) in [5, 5.41) is 12.3. The summed E-state index contributed by atoms with van der Waals surface area (Å²) in [6, 6.07) is 11.0. The smallest absolute Gasteiger partial charge is 0.229 e. The van der Waals surface area contributed by atoms with E-state index in [4.69, 9.17) is 0 Å². The number of hydrogen-bond donors (Lipinski definition) is 2. The molecule has 1 saturated heterocycles. The standard InChI is InChI=1S/C18H17FN2O3/c1-11-6-7-13(9-14(11)19)21-10-12(8-17(21)23)18(24)20-15-4-2-3-5-16(15)22/h2-7,9,12,22H,8,10H2,1H3,(H,20,24). The van der Waals surface area contributed by atoms with Crippen molar-refractivity contribution in [2.45, 2.75) is 13.3 Å². The van der Waals surface area contributed by atoms with Gasteiger partial charge in [-0.05, 0) is 36.8 Å². The average Bonchev–Trinajstić information content (AvgIpc) is 2.94. The number of para-hydroxylation sites is 2. The van der Waals surface area contributed by atoms with Crippen LogP contribution in [0.3, 0.4) is 0 Å². The van der Waals surface area contributed by atoms with Gasteiger partial charge in [0.25, 0.3) is 0 Å². The van der Waals surface area contributed by atoms with Crippen molar-refractivity contribution in [3.63, 3.8) is 0 Å². The molecule has 2 amide bonds. The molecule has 1 aliphatic rings. The van der Waals surface area contributed by atoms with Crippen LogP contribution in [0.25, 0.3) is 0 Å². The SMILES string of the molecule is Cc1ccc(N2CC(C(=O)Nc3ccccc3O)CC2=O)cc1F. The lowest BCUT2D eigenvalue weighted by molar-refractivity contribution is -0.122. The Balaban J connectivity index is 1.73. The van der Waals surface area contributed by atoms with Crippen molar-refractivity contribution in [3.05, 3.63) is 53.8 Å². The summed E-state index contributed by atoms with van der Waals surface area (Å²) in [5.74, 6) is -1.55. The molecule has 1 aliphatic heterocycles. The van der Waals surface area contributed by atoms with Gasteiger partial charge >= 0.3 is 0 Å². The number of phenols is 1. The molecule has 2 N–H and O–H groups in total. The van der Waals surface area contributed by atoms with Crippen LogP contribution < -0.4 is 10.2 Å². The summed E-state index contributed by atoms with van der Waals surface area (Å²) in [7, 11) is 0. The van der Waals surface area contributed by atoms with E-state index in [2.05, 4.69) is 5.32 Å². The molecule has 24 heavy (non-hydrogen) atoms. The van der Waals surface area contributed by atoms with Crippen molar-refractivity contribution in [1.82, 2.24) is 0 Å². The summed E-state index contributed by atoms with van der Waals surface area (Å²) in [4.78, 5) is 25.9. The molecule has 2 aromatic rings. The maximum atomic E-state index is 13.7. The van der Waals surface area contributed by atoms with Gasteiger partial charge in [0.05, 0.1) is 11.6 Å². The minimum atomic E-state index is -0.554. The Morgan fingerprint density at radius 2 is 2.04 bits per heavy atom. The van der Waals surface area contributed by atoms with Crippen molar-refractivity contribution < 1.29 is 19.1 Å². The van der Waals surface area contributed by atoms with E-state index in [9.17, 15) is 19.1 Å². The van der Waals surface area contributed by atoms with Gasteiger partial charge in [-0.2, -0.15) is 0 Å². The number of aromatic hydroxyl groups is 1. The first-order valence-corrected chi connectivity index (χ1v) is 7.61. The monoisotopic (exact) mass is 328 g/mol. The summed E-state index contributed by atoms with van der Waals surface area (Å²) in [6.45, 7) is 1.83. The van der Waals surface area contributed by atoms with E-state index in [0.29, 0.717) is 16.9 Å². The minimum Gasteiger partial charge on any atom is -0.506 e. The fourth-order valence-electron chi connectivity index (χ4n) is 2.70. The summed E-state index contributed by atoms with van der Waals surface area (Å²) >= 11 is 0. The average molecular weight is 328 g/mol. The number of carbonyl (C=O) groups excluding carboxylic acids is 2. The highest BCUT2D eigenvalue weighted by Gasteiger charge is 2.35. The van der Waals surface area contributed by atoms with Crippen LogP contribution in [-0.4, -0.2) is 23.5 Å². The number of nitrogens with one attached hydrogen (secondary N) is 1. The van der Waals surface area contributed by atoms with Gasteiger partial charge in [-0.15, -0.1) is 0 Å². The number of aryl methyl sites for hydroxylation is 1. The molecule has 2 aromatic carbocycles. The van der Waals surface area contributed by atoms with Crippen LogP contribution in [0.2, 0.25) is 0 Å². The van der Waals surface area contributed by atoms with E-state index in [-0.39, 0.29) is 36.3 Å². The second kappa shape index (κ2) is 6.31. The van der Waals surface area contributed by atoms with Crippen LogP contribution in [0.4, 0.5) is 15.8 Å². The van der Waals surface area contributed by atoms with Gasteiger partial charge in [-0.3, -0.25) is 9.59 Å². The van der Waals surface area contributed by atoms with Crippen LogP contribution in [0.15, 0.2) is 42.5 Å². The summed E-state index contributed by atoms with van der Waals surface area (Å²) in [5.41, 5.74) is 1.25. The van der Waals surface area contributed by atoms with Gasteiger partial charge < -0.3 is 15.3 Å². The fourth-order valence-corrected chi connectivity index (χ4v) is 2.70. The number of halogens is 1. The Labute approximate surface area is 138 Å². The van der Waals surface area contributed by atoms with Gasteiger partial charge in [0.15, 0.2) is 0 Å². The first kappa shape index (κ1) is 16.0. The van der Waals surface area contributed by atoms with Crippen LogP contribution in [-0.2, 0) is 9.59 Å². The predicted molar refractivity (Wildman–Crippen MR) is 88.3 cm³/mol. The van der Waals surface area contributed by atoms with E-state index >= 15 is 0 Å². The molecule has 1 heterocycles. The van der Waals surface area contributed by atoms with Crippen molar-refractivity contribution >= 4 is 23.2 Å². The lowest BCUT2D eigenvalue weighted by Gasteiger charge is -2.17. The normalized spacial score (nSPS) is 17.2. The Hall–Kier alpha value is -2.89. The van der Waals surface area contributed by atoms with E-state index in [0.717, 1.165) is 0 Å². The zero-order chi connectivity index (χ0) is 17.3. The zero-order valence-corrected chi connectivity index (χ0v) is 13.1. The third-order valence-electron chi connectivity index (χ3n) is 4.12. The lowest BCUT2D eigenvalue weighted by atomic mass is 10.1. The van der Waals surface area contributed by atoms with Crippen LogP contribution in [0, 0.1) is 18.7 Å². The van der Waals surface area contributed by atoms with E-state index in [1.807, 2.05) is 0 Å². The molecule has 1 fully saturated rings. The number of carbonyl (C=O) groups is 2. The second-order valence-electron chi connectivity index (χ2n) is 5.85. The third kappa shape index (κ3) is 3.08. The molecular formula is C18H17FN2O3. The molecule has 0 bridgehead atoms. The van der Waals surface area contributed by atoms with Gasteiger partial charge in [0.1, 0.15) is 11.6 Å². The summed E-state index contributed by atoms with van der Waals surface area (Å²) in [6.07, 6.45) is 0.0505. The quantitative estimate of drug-likeness (QED) is 0.851. The maximum Gasteiger partial charge on any atom is 0.229 e. The molecule has 124 valence electrons. The van der Waals surface area contributed by atoms with Crippen LogP contribution in [0.5, 0.6) is 5.75 Å². The largest absolute Gasteiger partial charge is 0.506 e. The highest BCUT2D eigenvalue weighted by atomic mass is 19.1. The fraction of sp³-hybridized carbons (Fsp3) is 0.222. The second-order valence-corrected chi connectivity index (χ2v) is 5.85.